The highest BCUT2D eigenvalue weighted by molar-refractivity contribution is 5.94. The van der Waals surface area contributed by atoms with Crippen LogP contribution in [-0.4, -0.2) is 61.7 Å². The molecular weight excluding hydrogens is 624 g/mol. The van der Waals surface area contributed by atoms with Gasteiger partial charge in [-0.25, -0.2) is 14.4 Å². The summed E-state index contributed by atoms with van der Waals surface area (Å²) in [4.78, 5) is 46.4. The van der Waals surface area contributed by atoms with Crippen molar-refractivity contribution in [3.05, 3.63) is 89.4 Å². The van der Waals surface area contributed by atoms with Gasteiger partial charge in [-0.15, -0.1) is 0 Å². The molecule has 4 aromatic rings. The fourth-order valence-electron chi connectivity index (χ4n) is 5.54. The topological polar surface area (TPSA) is 122 Å². The Morgan fingerprint density at radius 2 is 1.57 bits per heavy atom. The van der Waals surface area contributed by atoms with Crippen molar-refractivity contribution in [1.82, 2.24) is 19.7 Å². The number of fused-ring (bicyclic) bond motifs is 2. The minimum Gasteiger partial charge on any atom is -0.493 e. The Kier molecular flexibility index (Phi) is 10.9. The first-order chi connectivity index (χ1) is 23.3. The van der Waals surface area contributed by atoms with Gasteiger partial charge in [0.05, 0.1) is 24.9 Å². The molecule has 2 aromatic heterocycles. The fraction of sp³-hybridized carbons (Fsp3) is 0.447. The number of ether oxygens (including phenoxy) is 4. The number of rotatable bonds is 10. The maximum atomic E-state index is 13.8. The van der Waals surface area contributed by atoms with Crippen LogP contribution in [0.25, 0.3) is 10.9 Å². The van der Waals surface area contributed by atoms with Crippen LogP contribution in [0.1, 0.15) is 76.9 Å². The van der Waals surface area contributed by atoms with Gasteiger partial charge in [-0.05, 0) is 103 Å². The highest BCUT2D eigenvalue weighted by atomic mass is 16.6. The smallest absolute Gasteiger partial charge is 0.420 e. The molecule has 1 aliphatic rings. The molecule has 1 aliphatic carbocycles. The van der Waals surface area contributed by atoms with Gasteiger partial charge in [0, 0.05) is 23.2 Å². The molecule has 1 unspecified atom stereocenters. The molecule has 0 bridgehead atoms. The first-order valence-electron chi connectivity index (χ1n) is 16.8. The standard InChI is InChI=1S/C38H46N4O7/c1-37(2,3)48-35(44)42(36(45)49-38(4,5)6)33(34(43)47-25-26-12-8-7-9-13-26)24-41-32-19-18-30(22-28(32)23-39-41)46-21-20-29-17-16-27-14-10-11-15-31(27)40-29/h7-9,12-13,16-19,22-23,33H,10-11,14-15,20-21,24-25H2,1-6H3. The average Bonchev–Trinajstić information content (AvgIpc) is 3.44. The van der Waals surface area contributed by atoms with Gasteiger partial charge >= 0.3 is 18.2 Å². The van der Waals surface area contributed by atoms with Crippen LogP contribution in [0.4, 0.5) is 9.59 Å². The number of hydrogen-bond donors (Lipinski definition) is 0. The molecule has 0 spiro atoms. The molecule has 0 fully saturated rings. The van der Waals surface area contributed by atoms with Crippen molar-refractivity contribution in [2.45, 2.75) is 104 Å². The summed E-state index contributed by atoms with van der Waals surface area (Å²) in [6, 6.07) is 17.5. The molecule has 260 valence electrons. The number of amides is 2. The maximum Gasteiger partial charge on any atom is 0.420 e. The van der Waals surface area contributed by atoms with E-state index < -0.39 is 35.4 Å². The monoisotopic (exact) mass is 670 g/mol. The molecule has 11 nitrogen and oxygen atoms in total. The number of imide groups is 1. The van der Waals surface area contributed by atoms with Gasteiger partial charge in [-0.1, -0.05) is 36.4 Å². The summed E-state index contributed by atoms with van der Waals surface area (Å²) in [5.41, 5.74) is 3.07. The van der Waals surface area contributed by atoms with Crippen LogP contribution in [0.3, 0.4) is 0 Å². The van der Waals surface area contributed by atoms with Crippen LogP contribution in [0.2, 0.25) is 0 Å². The molecule has 0 saturated carbocycles. The van der Waals surface area contributed by atoms with Gasteiger partial charge in [0.15, 0.2) is 6.04 Å². The van der Waals surface area contributed by atoms with E-state index in [2.05, 4.69) is 17.2 Å². The lowest BCUT2D eigenvalue weighted by atomic mass is 9.96. The third-order valence-electron chi connectivity index (χ3n) is 7.81. The second-order valence-corrected chi connectivity index (χ2v) is 14.2. The van der Waals surface area contributed by atoms with E-state index in [1.165, 1.54) is 24.1 Å². The Balaban J connectivity index is 1.36. The lowest BCUT2D eigenvalue weighted by Crippen LogP contribution is -2.54. The van der Waals surface area contributed by atoms with E-state index in [0.29, 0.717) is 29.2 Å². The van der Waals surface area contributed by atoms with Crippen molar-refractivity contribution in [3.8, 4) is 5.75 Å². The first kappa shape index (κ1) is 35.4. The van der Waals surface area contributed by atoms with Gasteiger partial charge in [0.25, 0.3) is 0 Å². The summed E-state index contributed by atoms with van der Waals surface area (Å²) in [7, 11) is 0. The quantitative estimate of drug-likeness (QED) is 0.127. The van der Waals surface area contributed by atoms with Crippen molar-refractivity contribution in [2.75, 3.05) is 6.61 Å². The Hall–Kier alpha value is -4.93. The second kappa shape index (κ2) is 15.1. The van der Waals surface area contributed by atoms with E-state index in [1.54, 1.807) is 52.4 Å². The third kappa shape index (κ3) is 9.81. The summed E-state index contributed by atoms with van der Waals surface area (Å²) >= 11 is 0. The molecule has 2 amide bonds. The Morgan fingerprint density at radius 1 is 0.878 bits per heavy atom. The van der Waals surface area contributed by atoms with E-state index >= 15 is 0 Å². The number of carbonyl (C=O) groups excluding carboxylic acids is 3. The summed E-state index contributed by atoms with van der Waals surface area (Å²) in [5, 5.41) is 5.26. The minimum atomic E-state index is -1.46. The average molecular weight is 671 g/mol. The molecule has 0 aliphatic heterocycles. The van der Waals surface area contributed by atoms with Crippen molar-refractivity contribution in [2.24, 2.45) is 0 Å². The van der Waals surface area contributed by atoms with E-state index in [9.17, 15) is 14.4 Å². The highest BCUT2D eigenvalue weighted by Gasteiger charge is 2.42. The van der Waals surface area contributed by atoms with Crippen molar-refractivity contribution >= 4 is 29.1 Å². The number of aromatic nitrogens is 3. The van der Waals surface area contributed by atoms with Crippen molar-refractivity contribution < 1.29 is 33.3 Å². The maximum absolute atomic E-state index is 13.8. The normalized spacial score (nSPS) is 13.7. The second-order valence-electron chi connectivity index (χ2n) is 14.2. The van der Waals surface area contributed by atoms with Crippen LogP contribution in [-0.2, 0) is 51.4 Å². The minimum absolute atomic E-state index is 0.0613. The molecule has 11 heteroatoms. The van der Waals surface area contributed by atoms with Gasteiger partial charge in [0.2, 0.25) is 0 Å². The van der Waals surface area contributed by atoms with Crippen LogP contribution >= 0.6 is 0 Å². The number of hydrogen-bond acceptors (Lipinski definition) is 9. The number of nitrogens with zero attached hydrogens (tertiary/aromatic N) is 4. The Labute approximate surface area is 287 Å². The molecule has 0 radical (unpaired) electrons. The summed E-state index contributed by atoms with van der Waals surface area (Å²) in [5.74, 6) is -0.159. The predicted octanol–water partition coefficient (Wildman–Crippen LogP) is 7.22. The number of aryl methyl sites for hydroxylation is 2. The van der Waals surface area contributed by atoms with Gasteiger partial charge in [-0.2, -0.15) is 10.00 Å². The molecule has 49 heavy (non-hydrogen) atoms. The predicted molar refractivity (Wildman–Crippen MR) is 184 cm³/mol. The van der Waals surface area contributed by atoms with E-state index in [1.807, 2.05) is 48.5 Å². The number of esters is 1. The zero-order valence-electron chi connectivity index (χ0n) is 29.2. The summed E-state index contributed by atoms with van der Waals surface area (Å²) in [6.07, 6.45) is 4.79. The van der Waals surface area contributed by atoms with Crippen LogP contribution < -0.4 is 4.74 Å². The number of benzene rings is 2. The first-order valence-corrected chi connectivity index (χ1v) is 16.8. The third-order valence-corrected chi connectivity index (χ3v) is 7.81. The zero-order valence-corrected chi connectivity index (χ0v) is 29.2. The molecule has 0 N–H and O–H groups in total. The fourth-order valence-corrected chi connectivity index (χ4v) is 5.54. The van der Waals surface area contributed by atoms with Crippen LogP contribution in [0.15, 0.2) is 66.9 Å². The molecule has 2 aromatic carbocycles. The van der Waals surface area contributed by atoms with E-state index in [4.69, 9.17) is 23.9 Å². The largest absolute Gasteiger partial charge is 0.493 e. The van der Waals surface area contributed by atoms with E-state index in [0.717, 1.165) is 29.5 Å². The van der Waals surface area contributed by atoms with Crippen LogP contribution in [0.5, 0.6) is 5.75 Å². The molecular formula is C38H46N4O7. The molecule has 0 saturated heterocycles. The molecule has 2 heterocycles. The number of pyridine rings is 1. The molecule has 5 rings (SSSR count). The lowest BCUT2D eigenvalue weighted by molar-refractivity contribution is -0.151. The molecule has 1 atom stereocenters. The summed E-state index contributed by atoms with van der Waals surface area (Å²) < 4.78 is 24.4. The zero-order chi connectivity index (χ0) is 35.2. The van der Waals surface area contributed by atoms with E-state index in [-0.39, 0.29) is 13.2 Å². The Bertz CT molecular complexity index is 1740. The Morgan fingerprint density at radius 3 is 2.27 bits per heavy atom. The highest BCUT2D eigenvalue weighted by Crippen LogP contribution is 2.25. The van der Waals surface area contributed by atoms with Crippen molar-refractivity contribution in [1.29, 1.82) is 0 Å². The van der Waals surface area contributed by atoms with Crippen LogP contribution in [0, 0.1) is 0 Å². The van der Waals surface area contributed by atoms with Gasteiger partial charge in [-0.3, -0.25) is 9.67 Å². The lowest BCUT2D eigenvalue weighted by Gasteiger charge is -2.32. The van der Waals surface area contributed by atoms with Crippen molar-refractivity contribution in [3.63, 3.8) is 0 Å². The van der Waals surface area contributed by atoms with Gasteiger partial charge in [0.1, 0.15) is 23.6 Å². The SMILES string of the molecule is CC(C)(C)OC(=O)N(C(=O)OC(C)(C)C)C(Cn1ncc2cc(OCCc3ccc4c(n3)CCCC4)ccc21)C(=O)OCc1ccccc1. The summed E-state index contributed by atoms with van der Waals surface area (Å²) in [6.45, 7) is 10.2. The van der Waals surface area contributed by atoms with Gasteiger partial charge < -0.3 is 18.9 Å². The number of carbonyl (C=O) groups is 3.